The van der Waals surface area contributed by atoms with Gasteiger partial charge in [-0.2, -0.15) is 10.4 Å². The van der Waals surface area contributed by atoms with E-state index in [1.54, 1.807) is 0 Å². The summed E-state index contributed by atoms with van der Waals surface area (Å²) in [5.74, 6) is 0.572. The maximum Gasteiger partial charge on any atom is 0.183 e. The summed E-state index contributed by atoms with van der Waals surface area (Å²) in [4.78, 5) is 4.09. The van der Waals surface area contributed by atoms with Crippen LogP contribution in [-0.4, -0.2) is 27.5 Å². The Balaban J connectivity index is 2.21. The number of thioether (sulfide) groups is 1. The smallest absolute Gasteiger partial charge is 0.183 e. The Morgan fingerprint density at radius 3 is 2.80 bits per heavy atom. The fourth-order valence-corrected chi connectivity index (χ4v) is 2.80. The molecule has 0 amide bonds. The van der Waals surface area contributed by atoms with Crippen molar-refractivity contribution >= 4 is 11.8 Å². The van der Waals surface area contributed by atoms with Crippen molar-refractivity contribution in [2.75, 3.05) is 12.3 Å². The molecule has 0 saturated heterocycles. The molecule has 0 saturated carbocycles. The van der Waals surface area contributed by atoms with E-state index < -0.39 is 5.54 Å². The van der Waals surface area contributed by atoms with Gasteiger partial charge in [0.1, 0.15) is 11.9 Å². The lowest BCUT2D eigenvalue weighted by Gasteiger charge is -2.27. The Labute approximate surface area is 122 Å². The first-order valence-electron chi connectivity index (χ1n) is 6.50. The molecule has 0 radical (unpaired) electrons. The average Bonchev–Trinajstić information content (AvgIpc) is 3.02. The summed E-state index contributed by atoms with van der Waals surface area (Å²) in [7, 11) is 0. The number of nitrogens with one attached hydrogen (secondary N) is 2. The van der Waals surface area contributed by atoms with E-state index in [1.165, 1.54) is 18.1 Å². The van der Waals surface area contributed by atoms with Crippen LogP contribution < -0.4 is 5.32 Å². The van der Waals surface area contributed by atoms with Crippen LogP contribution in [0.15, 0.2) is 41.8 Å². The van der Waals surface area contributed by atoms with Crippen molar-refractivity contribution in [3.05, 3.63) is 42.2 Å². The zero-order valence-corrected chi connectivity index (χ0v) is 12.2. The molecule has 0 bridgehead atoms. The van der Waals surface area contributed by atoms with E-state index in [2.05, 4.69) is 33.5 Å². The van der Waals surface area contributed by atoms with E-state index in [0.29, 0.717) is 5.75 Å². The zero-order valence-electron chi connectivity index (χ0n) is 11.3. The van der Waals surface area contributed by atoms with Crippen LogP contribution in [0, 0.1) is 11.3 Å². The second kappa shape index (κ2) is 7.08. The summed E-state index contributed by atoms with van der Waals surface area (Å²) in [5, 5.41) is 20.4. The third-order valence-electron chi connectivity index (χ3n) is 2.95. The predicted molar refractivity (Wildman–Crippen MR) is 79.1 cm³/mol. The molecule has 0 aliphatic carbocycles. The molecule has 2 rings (SSSR count). The summed E-state index contributed by atoms with van der Waals surface area (Å²) in [6.07, 6.45) is 2.45. The van der Waals surface area contributed by atoms with Crippen molar-refractivity contribution in [2.45, 2.75) is 24.0 Å². The van der Waals surface area contributed by atoms with Crippen LogP contribution in [-0.2, 0) is 5.54 Å². The van der Waals surface area contributed by atoms with Crippen LogP contribution in [0.25, 0.3) is 0 Å². The van der Waals surface area contributed by atoms with Gasteiger partial charge in [0, 0.05) is 5.75 Å². The number of H-pyrrole nitrogens is 1. The van der Waals surface area contributed by atoms with E-state index in [-0.39, 0.29) is 0 Å². The Morgan fingerprint density at radius 1 is 1.40 bits per heavy atom. The summed E-state index contributed by atoms with van der Waals surface area (Å²) in [6, 6.07) is 12.3. The molecule has 20 heavy (non-hydrogen) atoms. The van der Waals surface area contributed by atoms with E-state index in [0.717, 1.165) is 23.7 Å². The highest BCUT2D eigenvalue weighted by Gasteiger charge is 2.32. The normalized spacial score (nSPS) is 13.6. The molecule has 1 heterocycles. The van der Waals surface area contributed by atoms with Crippen LogP contribution in [0.4, 0.5) is 0 Å². The van der Waals surface area contributed by atoms with Gasteiger partial charge in [0.15, 0.2) is 5.16 Å². The second-order valence-electron chi connectivity index (χ2n) is 4.39. The van der Waals surface area contributed by atoms with Gasteiger partial charge in [-0.1, -0.05) is 49.0 Å². The minimum Gasteiger partial charge on any atom is -0.295 e. The molecule has 0 aliphatic heterocycles. The van der Waals surface area contributed by atoms with Crippen molar-refractivity contribution < 1.29 is 0 Å². The Hall–Kier alpha value is -1.84. The van der Waals surface area contributed by atoms with Gasteiger partial charge in [0.05, 0.1) is 6.07 Å². The highest BCUT2D eigenvalue weighted by Crippen LogP contribution is 2.27. The van der Waals surface area contributed by atoms with Crippen LogP contribution in [0.2, 0.25) is 0 Å². The third-order valence-corrected chi connectivity index (χ3v) is 4.00. The van der Waals surface area contributed by atoms with Crippen molar-refractivity contribution in [1.82, 2.24) is 20.5 Å². The van der Waals surface area contributed by atoms with Crippen molar-refractivity contribution in [1.29, 1.82) is 5.26 Å². The number of aromatic amines is 1. The molecule has 1 unspecified atom stereocenters. The third kappa shape index (κ3) is 3.38. The maximum absolute atomic E-state index is 9.71. The fourth-order valence-electron chi connectivity index (χ4n) is 1.87. The number of aromatic nitrogens is 3. The molecule has 1 aromatic heterocycles. The van der Waals surface area contributed by atoms with Crippen molar-refractivity contribution in [2.24, 2.45) is 0 Å². The molecule has 5 nitrogen and oxygen atoms in total. The number of benzene rings is 1. The van der Waals surface area contributed by atoms with Crippen LogP contribution >= 0.6 is 11.8 Å². The molecule has 0 fully saturated rings. The lowest BCUT2D eigenvalue weighted by Crippen LogP contribution is -2.44. The first-order valence-corrected chi connectivity index (χ1v) is 7.49. The van der Waals surface area contributed by atoms with Crippen LogP contribution in [0.5, 0.6) is 0 Å². The maximum atomic E-state index is 9.71. The lowest BCUT2D eigenvalue weighted by atomic mass is 9.93. The number of hydrogen-bond donors (Lipinski definition) is 2. The van der Waals surface area contributed by atoms with Gasteiger partial charge >= 0.3 is 0 Å². The quantitative estimate of drug-likeness (QED) is 0.764. The molecule has 104 valence electrons. The highest BCUT2D eigenvalue weighted by molar-refractivity contribution is 7.99. The minimum atomic E-state index is -0.714. The van der Waals surface area contributed by atoms with Gasteiger partial charge in [-0.25, -0.2) is 4.98 Å². The first-order chi connectivity index (χ1) is 9.80. The standard InChI is InChI=1S/C14H17N5S/c1-2-8-17-14(9-15,12-6-4-3-5-7-12)10-20-13-16-11-18-19-13/h3-7,11,17H,2,8,10H2,1H3,(H,16,18,19). The van der Waals surface area contributed by atoms with Gasteiger partial charge < -0.3 is 0 Å². The topological polar surface area (TPSA) is 77.4 Å². The first kappa shape index (κ1) is 14.6. The molecular formula is C14H17N5S. The van der Waals surface area contributed by atoms with E-state index in [9.17, 15) is 5.26 Å². The molecule has 0 spiro atoms. The Morgan fingerprint density at radius 2 is 2.20 bits per heavy atom. The molecular weight excluding hydrogens is 270 g/mol. The predicted octanol–water partition coefficient (Wildman–Crippen LogP) is 2.32. The number of nitriles is 1. The summed E-state index contributed by atoms with van der Waals surface area (Å²) in [5.41, 5.74) is 0.261. The Kier molecular flexibility index (Phi) is 5.16. The van der Waals surface area contributed by atoms with Gasteiger partial charge in [-0.15, -0.1) is 0 Å². The SMILES string of the molecule is CCCNC(C#N)(CSc1ncn[nH]1)c1ccccc1. The van der Waals surface area contributed by atoms with E-state index in [1.807, 2.05) is 30.3 Å². The molecule has 2 N–H and O–H groups in total. The van der Waals surface area contributed by atoms with E-state index in [4.69, 9.17) is 0 Å². The highest BCUT2D eigenvalue weighted by atomic mass is 32.2. The minimum absolute atomic E-state index is 0.572. The lowest BCUT2D eigenvalue weighted by molar-refractivity contribution is 0.473. The van der Waals surface area contributed by atoms with Crippen molar-refractivity contribution in [3.63, 3.8) is 0 Å². The van der Waals surface area contributed by atoms with Gasteiger partial charge in [-0.05, 0) is 18.5 Å². The summed E-state index contributed by atoms with van der Waals surface area (Å²) in [6.45, 7) is 2.88. The van der Waals surface area contributed by atoms with Gasteiger partial charge in [0.25, 0.3) is 0 Å². The van der Waals surface area contributed by atoms with Crippen molar-refractivity contribution in [3.8, 4) is 6.07 Å². The number of rotatable bonds is 7. The molecule has 0 aliphatic rings. The summed E-state index contributed by atoms with van der Waals surface area (Å²) < 4.78 is 0. The van der Waals surface area contributed by atoms with Gasteiger partial charge in [0.2, 0.25) is 0 Å². The molecule has 1 aromatic carbocycles. The molecule has 1 atom stereocenters. The molecule has 6 heteroatoms. The molecule has 2 aromatic rings. The zero-order chi connectivity index (χ0) is 14.3. The largest absolute Gasteiger partial charge is 0.295 e. The monoisotopic (exact) mass is 287 g/mol. The number of hydrogen-bond acceptors (Lipinski definition) is 5. The van der Waals surface area contributed by atoms with Crippen LogP contribution in [0.1, 0.15) is 18.9 Å². The fraction of sp³-hybridized carbons (Fsp3) is 0.357. The average molecular weight is 287 g/mol. The summed E-state index contributed by atoms with van der Waals surface area (Å²) >= 11 is 1.49. The van der Waals surface area contributed by atoms with E-state index >= 15 is 0 Å². The Bertz CT molecular complexity index is 549. The second-order valence-corrected chi connectivity index (χ2v) is 5.35. The number of nitrogens with zero attached hydrogens (tertiary/aromatic N) is 3. The van der Waals surface area contributed by atoms with Gasteiger partial charge in [-0.3, -0.25) is 10.4 Å². The van der Waals surface area contributed by atoms with Crippen LogP contribution in [0.3, 0.4) is 0 Å².